The summed E-state index contributed by atoms with van der Waals surface area (Å²) in [6.45, 7) is 5.50. The highest BCUT2D eigenvalue weighted by Crippen LogP contribution is 2.25. The average molecular weight is 303 g/mol. The van der Waals surface area contributed by atoms with Crippen LogP contribution in [0.1, 0.15) is 46.5 Å². The molecular weight excluding hydrogens is 278 g/mol. The number of ether oxygens (including phenoxy) is 1. The van der Waals surface area contributed by atoms with Crippen LogP contribution < -0.4 is 5.32 Å². The molecule has 5 nitrogen and oxygen atoms in total. The number of sulfone groups is 1. The van der Waals surface area contributed by atoms with Gasteiger partial charge < -0.3 is 10.1 Å². The van der Waals surface area contributed by atoms with Crippen molar-refractivity contribution >= 4 is 15.9 Å². The van der Waals surface area contributed by atoms with Gasteiger partial charge in [-0.3, -0.25) is 0 Å². The van der Waals surface area contributed by atoms with Gasteiger partial charge in [0.1, 0.15) is 5.60 Å². The van der Waals surface area contributed by atoms with E-state index in [1.54, 1.807) is 6.08 Å². The van der Waals surface area contributed by atoms with E-state index in [0.717, 1.165) is 25.7 Å². The Balaban J connectivity index is 2.36. The van der Waals surface area contributed by atoms with Crippen LogP contribution in [0.4, 0.5) is 4.79 Å². The van der Waals surface area contributed by atoms with Crippen LogP contribution in [0.15, 0.2) is 11.5 Å². The van der Waals surface area contributed by atoms with Crippen molar-refractivity contribution in [1.29, 1.82) is 0 Å². The molecule has 0 aromatic rings. The lowest BCUT2D eigenvalue weighted by molar-refractivity contribution is 0.0490. The minimum atomic E-state index is -3.05. The highest BCUT2D eigenvalue weighted by Gasteiger charge is 2.23. The minimum Gasteiger partial charge on any atom is -0.444 e. The van der Waals surface area contributed by atoms with Crippen LogP contribution in [0.3, 0.4) is 0 Å². The van der Waals surface area contributed by atoms with Crippen molar-refractivity contribution in [3.8, 4) is 0 Å². The van der Waals surface area contributed by atoms with Crippen LogP contribution in [-0.2, 0) is 14.6 Å². The Morgan fingerprint density at radius 2 is 1.75 bits per heavy atom. The fourth-order valence-electron chi connectivity index (χ4n) is 2.18. The Labute approximate surface area is 121 Å². The normalized spacial score (nSPS) is 24.6. The first kappa shape index (κ1) is 17.0. The molecule has 1 aliphatic carbocycles. The second-order valence-electron chi connectivity index (χ2n) is 6.42. The smallest absolute Gasteiger partial charge is 0.407 e. The maximum atomic E-state index is 11.6. The Hall–Kier alpha value is -1.04. The highest BCUT2D eigenvalue weighted by molar-refractivity contribution is 7.93. The quantitative estimate of drug-likeness (QED) is 0.870. The molecule has 0 aromatic carbocycles. The van der Waals surface area contributed by atoms with E-state index >= 15 is 0 Å². The predicted octanol–water partition coefficient (Wildman–Crippen LogP) is 2.63. The van der Waals surface area contributed by atoms with Crippen LogP contribution in [0.25, 0.3) is 0 Å². The summed E-state index contributed by atoms with van der Waals surface area (Å²) in [4.78, 5) is 11.6. The Bertz CT molecular complexity index is 454. The van der Waals surface area contributed by atoms with Gasteiger partial charge in [0.2, 0.25) is 0 Å². The summed E-state index contributed by atoms with van der Waals surface area (Å²) in [6, 6.07) is 0.118. The summed E-state index contributed by atoms with van der Waals surface area (Å²) in [5, 5.41) is 4.14. The van der Waals surface area contributed by atoms with Crippen molar-refractivity contribution in [3.05, 3.63) is 11.5 Å². The van der Waals surface area contributed by atoms with E-state index in [-0.39, 0.29) is 18.1 Å². The summed E-state index contributed by atoms with van der Waals surface area (Å²) >= 11 is 0. The molecule has 0 aliphatic heterocycles. The molecule has 1 fully saturated rings. The molecule has 0 radical (unpaired) electrons. The standard InChI is InChI=1S/C14H25NO4S/c1-14(2,3)19-13(16)15-12-7-5-11(6-8-12)9-10-20(4,17)18/h9-12H,5-8H2,1-4H3,(H,15,16)/b10-9+. The number of nitrogens with one attached hydrogen (secondary N) is 1. The number of rotatable bonds is 3. The van der Waals surface area contributed by atoms with Gasteiger partial charge in [0.15, 0.2) is 9.84 Å². The molecule has 1 amide bonds. The topological polar surface area (TPSA) is 72.5 Å². The number of alkyl carbamates (subject to hydrolysis) is 1. The zero-order valence-corrected chi connectivity index (χ0v) is 13.5. The number of hydrogen-bond acceptors (Lipinski definition) is 4. The monoisotopic (exact) mass is 303 g/mol. The van der Waals surface area contributed by atoms with Gasteiger partial charge in [-0.15, -0.1) is 0 Å². The summed E-state index contributed by atoms with van der Waals surface area (Å²) in [6.07, 6.45) is 6.03. The molecule has 0 saturated heterocycles. The largest absolute Gasteiger partial charge is 0.444 e. The molecule has 0 heterocycles. The summed E-state index contributed by atoms with van der Waals surface area (Å²) < 4.78 is 27.3. The Morgan fingerprint density at radius 1 is 1.20 bits per heavy atom. The fraction of sp³-hybridized carbons (Fsp3) is 0.786. The molecule has 1 N–H and O–H groups in total. The second-order valence-corrected chi connectivity index (χ2v) is 8.35. The van der Waals surface area contributed by atoms with Gasteiger partial charge in [-0.2, -0.15) is 0 Å². The summed E-state index contributed by atoms with van der Waals surface area (Å²) in [7, 11) is -3.05. The third-order valence-electron chi connectivity index (χ3n) is 3.09. The maximum absolute atomic E-state index is 11.6. The molecule has 0 aromatic heterocycles. The molecule has 1 aliphatic rings. The van der Waals surface area contributed by atoms with Crippen LogP contribution >= 0.6 is 0 Å². The number of carbonyl (C=O) groups is 1. The van der Waals surface area contributed by atoms with Gasteiger partial charge >= 0.3 is 6.09 Å². The maximum Gasteiger partial charge on any atom is 0.407 e. The summed E-state index contributed by atoms with van der Waals surface area (Å²) in [5.74, 6) is 0.279. The van der Waals surface area contributed by atoms with Crippen molar-refractivity contribution in [3.63, 3.8) is 0 Å². The first-order valence-electron chi connectivity index (χ1n) is 6.93. The second kappa shape index (κ2) is 6.61. The molecule has 116 valence electrons. The van der Waals surface area contributed by atoms with Gasteiger partial charge in [-0.1, -0.05) is 6.08 Å². The first-order valence-corrected chi connectivity index (χ1v) is 8.88. The van der Waals surface area contributed by atoms with Gasteiger partial charge in [0.25, 0.3) is 0 Å². The van der Waals surface area contributed by atoms with Crippen LogP contribution in [0, 0.1) is 5.92 Å². The SMILES string of the molecule is CC(C)(C)OC(=O)NC1CCC(/C=C/S(C)(=O)=O)CC1. The first-order chi connectivity index (χ1) is 9.05. The number of hydrogen-bond donors (Lipinski definition) is 1. The van der Waals surface area contributed by atoms with Gasteiger partial charge in [-0.25, -0.2) is 13.2 Å². The van der Waals surface area contributed by atoms with E-state index in [1.807, 2.05) is 20.8 Å². The molecular formula is C14H25NO4S. The van der Waals surface area contributed by atoms with E-state index in [0.29, 0.717) is 0 Å². The average Bonchev–Trinajstić information content (AvgIpc) is 2.24. The lowest BCUT2D eigenvalue weighted by atomic mass is 9.86. The van der Waals surface area contributed by atoms with Gasteiger partial charge in [-0.05, 0) is 52.4 Å². The zero-order valence-electron chi connectivity index (χ0n) is 12.7. The molecule has 0 bridgehead atoms. The summed E-state index contributed by atoms with van der Waals surface area (Å²) in [5.41, 5.74) is -0.487. The van der Waals surface area contributed by atoms with E-state index in [1.165, 1.54) is 11.7 Å². The molecule has 1 saturated carbocycles. The van der Waals surface area contributed by atoms with Crippen molar-refractivity contribution in [2.75, 3.05) is 6.26 Å². The molecule has 1 rings (SSSR count). The Kier molecular flexibility index (Phi) is 5.62. The van der Waals surface area contributed by atoms with Crippen LogP contribution in [-0.4, -0.2) is 32.4 Å². The van der Waals surface area contributed by atoms with Crippen molar-refractivity contribution in [1.82, 2.24) is 5.32 Å². The van der Waals surface area contributed by atoms with Crippen molar-refractivity contribution < 1.29 is 17.9 Å². The van der Waals surface area contributed by atoms with Crippen molar-refractivity contribution in [2.45, 2.75) is 58.1 Å². The van der Waals surface area contributed by atoms with E-state index in [4.69, 9.17) is 4.74 Å². The highest BCUT2D eigenvalue weighted by atomic mass is 32.2. The van der Waals surface area contributed by atoms with Gasteiger partial charge in [0.05, 0.1) is 0 Å². The predicted molar refractivity (Wildman–Crippen MR) is 79.1 cm³/mol. The fourth-order valence-corrected chi connectivity index (χ4v) is 2.69. The Morgan fingerprint density at radius 3 is 2.20 bits per heavy atom. The number of allylic oxidation sites excluding steroid dienone is 1. The van der Waals surface area contributed by atoms with E-state index < -0.39 is 15.4 Å². The van der Waals surface area contributed by atoms with E-state index in [2.05, 4.69) is 5.32 Å². The molecule has 0 atom stereocenters. The molecule has 20 heavy (non-hydrogen) atoms. The number of carbonyl (C=O) groups excluding carboxylic acids is 1. The van der Waals surface area contributed by atoms with Crippen LogP contribution in [0.2, 0.25) is 0 Å². The van der Waals surface area contributed by atoms with Gasteiger partial charge in [0, 0.05) is 17.7 Å². The lowest BCUT2D eigenvalue weighted by Crippen LogP contribution is -2.40. The lowest BCUT2D eigenvalue weighted by Gasteiger charge is -2.28. The zero-order chi connectivity index (χ0) is 15.4. The third-order valence-corrected chi connectivity index (χ3v) is 3.74. The minimum absolute atomic E-state index is 0.118. The molecule has 0 unspecified atom stereocenters. The molecule has 0 spiro atoms. The third kappa shape index (κ3) is 7.53. The number of amides is 1. The van der Waals surface area contributed by atoms with E-state index in [9.17, 15) is 13.2 Å². The van der Waals surface area contributed by atoms with Crippen LogP contribution in [0.5, 0.6) is 0 Å². The van der Waals surface area contributed by atoms with Crippen molar-refractivity contribution in [2.24, 2.45) is 5.92 Å². The molecule has 6 heteroatoms.